The fourth-order valence-corrected chi connectivity index (χ4v) is 4.66. The van der Waals surface area contributed by atoms with E-state index in [1.54, 1.807) is 0 Å². The molecule has 0 aliphatic carbocycles. The van der Waals surface area contributed by atoms with E-state index >= 15 is 0 Å². The van der Waals surface area contributed by atoms with Gasteiger partial charge in [-0.25, -0.2) is 9.67 Å². The third-order valence-electron chi connectivity index (χ3n) is 5.31. The van der Waals surface area contributed by atoms with Gasteiger partial charge >= 0.3 is 0 Å². The van der Waals surface area contributed by atoms with Crippen molar-refractivity contribution in [2.45, 2.75) is 45.7 Å². The van der Waals surface area contributed by atoms with Crippen LogP contribution in [0.1, 0.15) is 42.7 Å². The summed E-state index contributed by atoms with van der Waals surface area (Å²) in [5.74, 6) is 0.0282. The number of amides is 1. The molecule has 3 aromatic rings. The number of hydrogen-bond donors (Lipinski definition) is 1. The van der Waals surface area contributed by atoms with Crippen LogP contribution in [0.15, 0.2) is 42.0 Å². The van der Waals surface area contributed by atoms with E-state index in [1.807, 2.05) is 39.5 Å². The highest BCUT2D eigenvalue weighted by atomic mass is 32.1. The first kappa shape index (κ1) is 19.8. The fraction of sp³-hybridized carbons (Fsp3) is 0.409. The summed E-state index contributed by atoms with van der Waals surface area (Å²) < 4.78 is 1.85. The number of piperidine rings is 1. The van der Waals surface area contributed by atoms with Crippen LogP contribution in [-0.2, 0) is 0 Å². The van der Waals surface area contributed by atoms with Crippen molar-refractivity contribution in [3.05, 3.63) is 53.3 Å². The number of benzene rings is 1. The highest BCUT2D eigenvalue weighted by Crippen LogP contribution is 2.26. The van der Waals surface area contributed by atoms with Crippen LogP contribution in [0, 0.1) is 6.92 Å². The van der Waals surface area contributed by atoms with E-state index in [0.29, 0.717) is 5.69 Å². The van der Waals surface area contributed by atoms with Gasteiger partial charge in [0.25, 0.3) is 5.91 Å². The smallest absolute Gasteiger partial charge is 0.273 e. The maximum Gasteiger partial charge on any atom is 0.273 e. The molecule has 1 aliphatic heterocycles. The molecular weight excluding hydrogens is 382 g/mol. The molecule has 6 nitrogen and oxygen atoms in total. The summed E-state index contributed by atoms with van der Waals surface area (Å²) in [6.45, 7) is 8.15. The molecule has 0 saturated carbocycles. The van der Waals surface area contributed by atoms with E-state index < -0.39 is 0 Å². The van der Waals surface area contributed by atoms with Crippen molar-refractivity contribution in [3.63, 3.8) is 0 Å². The first-order chi connectivity index (χ1) is 14.0. The second-order valence-corrected chi connectivity index (χ2v) is 8.70. The van der Waals surface area contributed by atoms with Crippen molar-refractivity contribution in [2.75, 3.05) is 13.1 Å². The van der Waals surface area contributed by atoms with Crippen LogP contribution in [0.2, 0.25) is 0 Å². The molecule has 7 heteroatoms. The van der Waals surface area contributed by atoms with Gasteiger partial charge in [-0.3, -0.25) is 4.79 Å². The summed E-state index contributed by atoms with van der Waals surface area (Å²) in [6.07, 6.45) is 5.76. The molecule has 0 bridgehead atoms. The van der Waals surface area contributed by atoms with Crippen LogP contribution in [0.5, 0.6) is 0 Å². The first-order valence-corrected chi connectivity index (χ1v) is 11.0. The summed E-state index contributed by atoms with van der Waals surface area (Å²) in [7, 11) is 0. The topological polar surface area (TPSA) is 63.1 Å². The Labute approximate surface area is 175 Å². The van der Waals surface area contributed by atoms with E-state index in [1.165, 1.54) is 16.9 Å². The number of rotatable bonds is 5. The molecule has 0 unspecified atom stereocenters. The van der Waals surface area contributed by atoms with Gasteiger partial charge in [0.05, 0.1) is 11.9 Å². The maximum atomic E-state index is 13.2. The lowest BCUT2D eigenvalue weighted by Crippen LogP contribution is -2.49. The zero-order valence-corrected chi connectivity index (χ0v) is 17.9. The molecule has 4 rings (SSSR count). The highest BCUT2D eigenvalue weighted by Gasteiger charge is 2.29. The van der Waals surface area contributed by atoms with Crippen LogP contribution in [0.3, 0.4) is 0 Å². The van der Waals surface area contributed by atoms with Crippen LogP contribution in [-0.4, -0.2) is 50.7 Å². The monoisotopic (exact) mass is 409 g/mol. The van der Waals surface area contributed by atoms with Crippen LogP contribution in [0.4, 0.5) is 0 Å². The third-order valence-corrected chi connectivity index (χ3v) is 6.20. The third kappa shape index (κ3) is 4.26. The molecule has 1 fully saturated rings. The van der Waals surface area contributed by atoms with Crippen LogP contribution < -0.4 is 5.32 Å². The van der Waals surface area contributed by atoms with Crippen LogP contribution in [0.25, 0.3) is 16.3 Å². The largest absolute Gasteiger partial charge is 0.332 e. The molecule has 1 saturated heterocycles. The number of aryl methyl sites for hydroxylation is 1. The van der Waals surface area contributed by atoms with Crippen molar-refractivity contribution in [1.29, 1.82) is 0 Å². The van der Waals surface area contributed by atoms with Crippen molar-refractivity contribution >= 4 is 17.2 Å². The molecule has 0 atom stereocenters. The van der Waals surface area contributed by atoms with Crippen molar-refractivity contribution in [1.82, 2.24) is 25.0 Å². The van der Waals surface area contributed by atoms with E-state index in [9.17, 15) is 4.79 Å². The number of hydrogen-bond acceptors (Lipinski definition) is 5. The van der Waals surface area contributed by atoms with Gasteiger partial charge in [0.1, 0.15) is 10.7 Å². The Balaban J connectivity index is 1.55. The van der Waals surface area contributed by atoms with E-state index in [-0.39, 0.29) is 18.0 Å². The predicted molar refractivity (Wildman–Crippen MR) is 117 cm³/mol. The molecule has 3 heterocycles. The van der Waals surface area contributed by atoms with Crippen molar-refractivity contribution < 1.29 is 4.79 Å². The van der Waals surface area contributed by atoms with Crippen LogP contribution >= 0.6 is 11.3 Å². The normalized spacial score (nSPS) is 15.0. The first-order valence-electron chi connectivity index (χ1n) is 10.1. The number of nitrogens with one attached hydrogen (secondary N) is 1. The van der Waals surface area contributed by atoms with Gasteiger partial charge in [-0.2, -0.15) is 5.10 Å². The lowest BCUT2D eigenvalue weighted by molar-refractivity contribution is 0.0560. The lowest BCUT2D eigenvalue weighted by atomic mass is 10.0. The summed E-state index contributed by atoms with van der Waals surface area (Å²) in [6, 6.07) is 8.63. The Morgan fingerprint density at radius 3 is 2.83 bits per heavy atom. The van der Waals surface area contributed by atoms with Crippen molar-refractivity contribution in [3.8, 4) is 16.3 Å². The Hall–Kier alpha value is -2.51. The average molecular weight is 410 g/mol. The number of nitrogens with zero attached hydrogens (tertiary/aromatic N) is 4. The maximum absolute atomic E-state index is 13.2. The fourth-order valence-electron chi connectivity index (χ4n) is 3.89. The molecular formula is C22H27N5OS. The lowest BCUT2D eigenvalue weighted by Gasteiger charge is -2.37. The second kappa shape index (κ2) is 8.47. The number of carbonyl (C=O) groups is 1. The Bertz CT molecular complexity index is 987. The minimum Gasteiger partial charge on any atom is -0.332 e. The van der Waals surface area contributed by atoms with Gasteiger partial charge in [-0.05, 0) is 64.4 Å². The SMILES string of the molecule is Cc1cccc(-n2cc(-c3nc(C(=O)N(C(C)C)C4CCNCC4)cs3)cn2)c1. The van der Waals surface area contributed by atoms with Gasteiger partial charge in [-0.15, -0.1) is 11.3 Å². The Morgan fingerprint density at radius 1 is 1.31 bits per heavy atom. The molecule has 29 heavy (non-hydrogen) atoms. The zero-order valence-electron chi connectivity index (χ0n) is 17.1. The summed E-state index contributed by atoms with van der Waals surface area (Å²) in [5, 5.41) is 10.5. The minimum absolute atomic E-state index is 0.0282. The van der Waals surface area contributed by atoms with E-state index in [2.05, 4.69) is 48.3 Å². The molecule has 1 N–H and O–H groups in total. The Morgan fingerprint density at radius 2 is 2.10 bits per heavy atom. The minimum atomic E-state index is 0.0282. The molecule has 1 amide bonds. The predicted octanol–water partition coefficient (Wildman–Crippen LogP) is 3.91. The Kier molecular flexibility index (Phi) is 5.78. The number of thiazole rings is 1. The summed E-state index contributed by atoms with van der Waals surface area (Å²) >= 11 is 1.49. The van der Waals surface area contributed by atoms with E-state index in [0.717, 1.165) is 42.2 Å². The average Bonchev–Trinajstić information content (AvgIpc) is 3.38. The molecule has 1 aromatic carbocycles. The van der Waals surface area contributed by atoms with Gasteiger partial charge in [0.15, 0.2) is 0 Å². The molecule has 152 valence electrons. The number of aromatic nitrogens is 3. The van der Waals surface area contributed by atoms with Gasteiger partial charge < -0.3 is 10.2 Å². The molecule has 0 radical (unpaired) electrons. The van der Waals surface area contributed by atoms with Crippen molar-refractivity contribution in [2.24, 2.45) is 0 Å². The van der Waals surface area contributed by atoms with E-state index in [4.69, 9.17) is 0 Å². The molecule has 1 aliphatic rings. The second-order valence-electron chi connectivity index (χ2n) is 7.84. The van der Waals surface area contributed by atoms with Gasteiger partial charge in [0, 0.05) is 29.2 Å². The standard InChI is InChI=1S/C22H27N5OS/c1-15(2)27(18-7-9-23-10-8-18)22(28)20-14-29-21(25-20)17-12-24-26(13-17)19-6-4-5-16(3)11-19/h4-6,11-15,18,23H,7-10H2,1-3H3. The van der Waals surface area contributed by atoms with Gasteiger partial charge in [0.2, 0.25) is 0 Å². The zero-order chi connectivity index (χ0) is 20.4. The highest BCUT2D eigenvalue weighted by molar-refractivity contribution is 7.13. The van der Waals surface area contributed by atoms with Gasteiger partial charge in [-0.1, -0.05) is 12.1 Å². The quantitative estimate of drug-likeness (QED) is 0.694. The summed E-state index contributed by atoms with van der Waals surface area (Å²) in [5.41, 5.74) is 3.66. The summed E-state index contributed by atoms with van der Waals surface area (Å²) in [4.78, 5) is 19.9. The molecule has 2 aromatic heterocycles. The number of carbonyl (C=O) groups excluding carboxylic acids is 1. The molecule has 0 spiro atoms.